The third-order valence-corrected chi connectivity index (χ3v) is 15.6. The molecule has 3 saturated carbocycles. The van der Waals surface area contributed by atoms with Crippen molar-refractivity contribution in [2.75, 3.05) is 13.1 Å². The van der Waals surface area contributed by atoms with Crippen LogP contribution in [0.3, 0.4) is 0 Å². The van der Waals surface area contributed by atoms with Gasteiger partial charge in [-0.2, -0.15) is 13.2 Å². The lowest BCUT2D eigenvalue weighted by Crippen LogP contribution is -2.59. The highest BCUT2D eigenvalue weighted by Crippen LogP contribution is 2.55. The molecule has 0 radical (unpaired) electrons. The minimum atomic E-state index is -5.08. The van der Waals surface area contributed by atoms with Crippen LogP contribution in [0.4, 0.5) is 13.2 Å². The molecule has 5 fully saturated rings. The summed E-state index contributed by atoms with van der Waals surface area (Å²) in [5.41, 5.74) is 6.04. The Balaban J connectivity index is 0.000000598. The van der Waals surface area contributed by atoms with Gasteiger partial charge in [-0.25, -0.2) is 4.79 Å². The van der Waals surface area contributed by atoms with E-state index in [4.69, 9.17) is 9.90 Å². The Morgan fingerprint density at radius 1 is 0.614 bits per heavy atom. The Hall–Kier alpha value is -3.44. The van der Waals surface area contributed by atoms with E-state index in [1.807, 2.05) is 0 Å². The zero-order chi connectivity index (χ0) is 40.1. The van der Waals surface area contributed by atoms with Crippen LogP contribution in [-0.4, -0.2) is 64.0 Å². The predicted molar refractivity (Wildman–Crippen MR) is 212 cm³/mol. The first-order chi connectivity index (χ1) is 27.3. The van der Waals surface area contributed by atoms with Crippen molar-refractivity contribution in [3.8, 4) is 0 Å². The van der Waals surface area contributed by atoms with Crippen molar-refractivity contribution >= 4 is 17.8 Å². The first-order valence-corrected chi connectivity index (χ1v) is 21.9. The number of nitrogens with one attached hydrogen (secondary N) is 2. The van der Waals surface area contributed by atoms with Crippen molar-refractivity contribution < 1.29 is 32.7 Å². The number of aliphatic carboxylic acids is 1. The normalized spacial score (nSPS) is 33.7. The van der Waals surface area contributed by atoms with Crippen LogP contribution in [-0.2, 0) is 14.4 Å². The molecule has 310 valence electrons. The molecule has 4 bridgehead atoms. The standard InChI is InChI=1S/C44H60N4O2.C2HF3O2/c1-44(2)36(42(49)45-30-15-11-28(12-16-30)23-25-47-38-19-20-39(47)33-8-4-3-7-32(33)38)27-37(44)43(50)46-31-17-13-29(14-18-31)24-26-48-40-21-22-41(48)35-10-6-5-9-34(35)40;3-2(4,5)1(6)7/h3-10,28-31,36-41H,11-27H2,1-2H3,(H,45,49)(H,46,50);(H,6,7)/t28?,29?,30?,31?,36?,37?,38-,39+,40-,41?;/m1./s1. The fourth-order valence-electron chi connectivity index (χ4n) is 12.2. The molecule has 2 saturated heterocycles. The van der Waals surface area contributed by atoms with Gasteiger partial charge >= 0.3 is 12.1 Å². The molecule has 2 aromatic rings. The Labute approximate surface area is 335 Å². The molecule has 2 aromatic carbocycles. The van der Waals surface area contributed by atoms with E-state index in [9.17, 15) is 22.8 Å². The smallest absolute Gasteiger partial charge is 0.475 e. The van der Waals surface area contributed by atoms with E-state index in [2.05, 4.69) is 82.8 Å². The summed E-state index contributed by atoms with van der Waals surface area (Å²) in [6.07, 6.45) is 12.7. The molecule has 4 heterocycles. The first-order valence-electron chi connectivity index (χ1n) is 21.9. The quantitative estimate of drug-likeness (QED) is 0.222. The number of hydrogen-bond acceptors (Lipinski definition) is 5. The van der Waals surface area contributed by atoms with E-state index >= 15 is 0 Å². The maximum absolute atomic E-state index is 13.5. The highest BCUT2D eigenvalue weighted by atomic mass is 19.4. The van der Waals surface area contributed by atoms with E-state index in [1.54, 1.807) is 22.3 Å². The Morgan fingerprint density at radius 3 is 1.21 bits per heavy atom. The van der Waals surface area contributed by atoms with E-state index in [-0.39, 0.29) is 29.1 Å². The first kappa shape index (κ1) is 40.3. The number of alkyl halides is 3. The highest BCUT2D eigenvalue weighted by molar-refractivity contribution is 5.87. The Kier molecular flexibility index (Phi) is 11.5. The lowest BCUT2D eigenvalue weighted by atomic mass is 9.54. The second-order valence-corrected chi connectivity index (χ2v) is 18.9. The summed E-state index contributed by atoms with van der Waals surface area (Å²) in [5, 5.41) is 14.0. The van der Waals surface area contributed by atoms with Gasteiger partial charge in [0.25, 0.3) is 0 Å². The van der Waals surface area contributed by atoms with E-state index in [0.717, 1.165) is 37.5 Å². The Morgan fingerprint density at radius 2 is 0.930 bits per heavy atom. The van der Waals surface area contributed by atoms with Gasteiger partial charge in [0.1, 0.15) is 0 Å². The second-order valence-electron chi connectivity index (χ2n) is 18.9. The van der Waals surface area contributed by atoms with Crippen LogP contribution in [0.15, 0.2) is 48.5 Å². The number of halogens is 3. The van der Waals surface area contributed by atoms with Crippen molar-refractivity contribution in [2.45, 2.75) is 153 Å². The van der Waals surface area contributed by atoms with Gasteiger partial charge in [0.05, 0.1) is 0 Å². The molecule has 0 aromatic heterocycles. The molecule has 6 atom stereocenters. The minimum absolute atomic E-state index is 0.0639. The average Bonchev–Trinajstić information content (AvgIpc) is 3.95. The topological polar surface area (TPSA) is 102 Å². The molecular weight excluding hydrogens is 730 g/mol. The molecule has 3 aliphatic carbocycles. The van der Waals surface area contributed by atoms with Gasteiger partial charge in [-0.1, -0.05) is 62.4 Å². The van der Waals surface area contributed by atoms with Gasteiger partial charge in [0.15, 0.2) is 0 Å². The van der Waals surface area contributed by atoms with Crippen LogP contribution >= 0.6 is 0 Å². The number of carbonyl (C=O) groups excluding carboxylic acids is 2. The fraction of sp³-hybridized carbons (Fsp3) is 0.674. The maximum atomic E-state index is 13.5. The number of carboxylic acids is 1. The summed E-state index contributed by atoms with van der Waals surface area (Å²) in [6.45, 7) is 6.71. The number of rotatable bonds is 10. The highest BCUT2D eigenvalue weighted by Gasteiger charge is 2.55. The van der Waals surface area contributed by atoms with Crippen LogP contribution in [0.5, 0.6) is 0 Å². The minimum Gasteiger partial charge on any atom is -0.475 e. The number of fused-ring (bicyclic) bond motifs is 10. The fourth-order valence-corrected chi connectivity index (χ4v) is 12.2. The number of hydrogen-bond donors (Lipinski definition) is 3. The molecule has 9 rings (SSSR count). The Bertz CT molecular complexity index is 1610. The van der Waals surface area contributed by atoms with Crippen LogP contribution in [0.25, 0.3) is 0 Å². The molecule has 0 spiro atoms. The van der Waals surface area contributed by atoms with Crippen molar-refractivity contribution in [1.29, 1.82) is 0 Å². The van der Waals surface area contributed by atoms with Crippen LogP contribution < -0.4 is 10.6 Å². The van der Waals surface area contributed by atoms with Crippen LogP contribution in [0, 0.1) is 29.1 Å². The van der Waals surface area contributed by atoms with Crippen molar-refractivity contribution in [1.82, 2.24) is 20.4 Å². The third-order valence-electron chi connectivity index (χ3n) is 15.6. The summed E-state index contributed by atoms with van der Waals surface area (Å²) in [6, 6.07) is 21.4. The van der Waals surface area contributed by atoms with Gasteiger partial charge < -0.3 is 15.7 Å². The third kappa shape index (κ3) is 8.13. The van der Waals surface area contributed by atoms with Gasteiger partial charge in [0, 0.05) is 48.1 Å². The molecule has 57 heavy (non-hydrogen) atoms. The van der Waals surface area contributed by atoms with Gasteiger partial charge in [-0.05, 0) is 149 Å². The second kappa shape index (κ2) is 16.3. The molecular formula is C46H61F3N4O4. The number of carboxylic acid groups (broad SMARTS) is 1. The van der Waals surface area contributed by atoms with E-state index in [1.165, 1.54) is 77.3 Å². The zero-order valence-corrected chi connectivity index (χ0v) is 33.6. The van der Waals surface area contributed by atoms with E-state index in [0.29, 0.717) is 42.7 Å². The monoisotopic (exact) mass is 790 g/mol. The van der Waals surface area contributed by atoms with Crippen LogP contribution in [0.1, 0.15) is 157 Å². The van der Waals surface area contributed by atoms with Crippen molar-refractivity contribution in [2.24, 2.45) is 29.1 Å². The number of nitrogens with zero attached hydrogens (tertiary/aromatic N) is 2. The molecule has 2 amide bonds. The SMILES string of the molecule is CC1(C)C(C(=O)NC2CCC(CCN3C4CC[C@@H]3c3ccccc34)CC2)CC1C(=O)NC1CCC(CCN2[C@@H]3CC[C@H]2c2ccccc23)CC1.O=C(O)C(F)(F)F. The summed E-state index contributed by atoms with van der Waals surface area (Å²) < 4.78 is 31.7. The molecule has 7 aliphatic rings. The number of amides is 2. The summed E-state index contributed by atoms with van der Waals surface area (Å²) in [4.78, 5) is 41.4. The number of carbonyl (C=O) groups is 3. The van der Waals surface area contributed by atoms with E-state index < -0.39 is 12.1 Å². The van der Waals surface area contributed by atoms with Crippen molar-refractivity contribution in [3.05, 3.63) is 70.8 Å². The average molecular weight is 791 g/mol. The molecule has 8 nitrogen and oxygen atoms in total. The largest absolute Gasteiger partial charge is 0.490 e. The molecule has 11 heteroatoms. The molecule has 3 unspecified atom stereocenters. The van der Waals surface area contributed by atoms with Gasteiger partial charge in [-0.15, -0.1) is 0 Å². The zero-order valence-electron chi connectivity index (χ0n) is 33.6. The lowest BCUT2D eigenvalue weighted by Gasteiger charge is -2.50. The molecule has 3 N–H and O–H groups in total. The maximum Gasteiger partial charge on any atom is 0.490 e. The predicted octanol–water partition coefficient (Wildman–Crippen LogP) is 9.20. The summed E-state index contributed by atoms with van der Waals surface area (Å²) >= 11 is 0. The van der Waals surface area contributed by atoms with Crippen molar-refractivity contribution in [3.63, 3.8) is 0 Å². The van der Waals surface area contributed by atoms with Gasteiger partial charge in [-0.3, -0.25) is 19.4 Å². The molecule has 4 aliphatic heterocycles. The lowest BCUT2D eigenvalue weighted by molar-refractivity contribution is -0.192. The number of benzene rings is 2. The van der Waals surface area contributed by atoms with Crippen LogP contribution in [0.2, 0.25) is 0 Å². The summed E-state index contributed by atoms with van der Waals surface area (Å²) in [7, 11) is 0. The van der Waals surface area contributed by atoms with Gasteiger partial charge in [0.2, 0.25) is 11.8 Å². The summed E-state index contributed by atoms with van der Waals surface area (Å²) in [5.74, 6) is -0.974.